The van der Waals surface area contributed by atoms with Crippen LogP contribution in [-0.4, -0.2) is 50.0 Å². The van der Waals surface area contributed by atoms with Crippen LogP contribution in [0.15, 0.2) is 4.99 Å². The molecule has 5 nitrogen and oxygen atoms in total. The Bertz CT molecular complexity index is 485. The zero-order valence-corrected chi connectivity index (χ0v) is 19.4. The lowest BCUT2D eigenvalue weighted by molar-refractivity contribution is -0.127. The molecular weight excluding hydrogens is 451 g/mol. The van der Waals surface area contributed by atoms with E-state index in [1.807, 2.05) is 7.05 Å². The molecule has 1 saturated heterocycles. The molecule has 2 N–H and O–H groups in total. The third-order valence-electron chi connectivity index (χ3n) is 6.75. The van der Waals surface area contributed by atoms with Gasteiger partial charge in [0.05, 0.1) is 0 Å². The molecule has 1 aliphatic heterocycles. The predicted octanol–water partition coefficient (Wildman–Crippen LogP) is 3.92. The summed E-state index contributed by atoms with van der Waals surface area (Å²) in [6.07, 6.45) is 15.4. The number of nitrogens with zero attached hydrogens (tertiary/aromatic N) is 2. The molecule has 0 aromatic carbocycles. The van der Waals surface area contributed by atoms with Crippen molar-refractivity contribution in [1.29, 1.82) is 0 Å². The second-order valence-electron chi connectivity index (χ2n) is 8.69. The van der Waals surface area contributed by atoms with Crippen LogP contribution in [0.2, 0.25) is 0 Å². The molecule has 0 unspecified atom stereocenters. The van der Waals surface area contributed by atoms with E-state index in [2.05, 4.69) is 20.5 Å². The molecule has 2 saturated carbocycles. The smallest absolute Gasteiger partial charge is 0.223 e. The van der Waals surface area contributed by atoms with Crippen molar-refractivity contribution in [1.82, 2.24) is 15.5 Å². The normalized spacial score (nSPS) is 23.1. The summed E-state index contributed by atoms with van der Waals surface area (Å²) in [5.74, 6) is 1.60. The fourth-order valence-electron chi connectivity index (χ4n) is 4.92. The van der Waals surface area contributed by atoms with Crippen LogP contribution in [0, 0.1) is 11.3 Å². The van der Waals surface area contributed by atoms with E-state index in [1.54, 1.807) is 0 Å². The molecule has 2 aliphatic carbocycles. The minimum Gasteiger partial charge on any atom is -0.356 e. The van der Waals surface area contributed by atoms with Crippen molar-refractivity contribution < 1.29 is 4.79 Å². The Kier molecular flexibility index (Phi) is 9.66. The number of carbonyl (C=O) groups excluding carboxylic acids is 1. The van der Waals surface area contributed by atoms with E-state index in [0.29, 0.717) is 11.3 Å². The van der Waals surface area contributed by atoms with E-state index < -0.39 is 0 Å². The molecule has 0 aromatic rings. The minimum absolute atomic E-state index is 0. The van der Waals surface area contributed by atoms with Gasteiger partial charge in [-0.25, -0.2) is 0 Å². The van der Waals surface area contributed by atoms with Crippen molar-refractivity contribution in [3.63, 3.8) is 0 Å². The number of halogens is 1. The standard InChI is InChI=1S/C21H38N4O.HI/c1-22-20(24-15-8-14-23-19(26)18-9-6-10-18)25-16-7-13-21(17-25)11-4-2-3-5-12-21;/h18H,2-17H2,1H3,(H,22,24)(H,23,26);1H. The largest absolute Gasteiger partial charge is 0.356 e. The molecule has 3 rings (SSSR count). The summed E-state index contributed by atoms with van der Waals surface area (Å²) in [6, 6.07) is 0. The number of carbonyl (C=O) groups is 1. The number of hydrogen-bond acceptors (Lipinski definition) is 2. The van der Waals surface area contributed by atoms with Gasteiger partial charge in [-0.2, -0.15) is 0 Å². The molecule has 3 aliphatic rings. The van der Waals surface area contributed by atoms with Crippen LogP contribution in [-0.2, 0) is 4.79 Å². The number of likely N-dealkylation sites (tertiary alicyclic amines) is 1. The van der Waals surface area contributed by atoms with E-state index in [0.717, 1.165) is 44.9 Å². The van der Waals surface area contributed by atoms with Crippen LogP contribution in [0.5, 0.6) is 0 Å². The van der Waals surface area contributed by atoms with Gasteiger partial charge in [-0.15, -0.1) is 24.0 Å². The first-order valence-electron chi connectivity index (χ1n) is 11.0. The molecule has 1 spiro atoms. The summed E-state index contributed by atoms with van der Waals surface area (Å²) < 4.78 is 0. The summed E-state index contributed by atoms with van der Waals surface area (Å²) >= 11 is 0. The number of aliphatic imine (C=N–C) groups is 1. The van der Waals surface area contributed by atoms with Crippen LogP contribution in [0.3, 0.4) is 0 Å². The fourth-order valence-corrected chi connectivity index (χ4v) is 4.92. The minimum atomic E-state index is 0. The molecule has 1 heterocycles. The summed E-state index contributed by atoms with van der Waals surface area (Å²) in [6.45, 7) is 3.94. The highest BCUT2D eigenvalue weighted by Gasteiger charge is 2.36. The average molecular weight is 490 g/mol. The Balaban J connectivity index is 0.00000261. The van der Waals surface area contributed by atoms with Crippen molar-refractivity contribution in [3.8, 4) is 0 Å². The van der Waals surface area contributed by atoms with Gasteiger partial charge in [0.15, 0.2) is 5.96 Å². The SMILES string of the molecule is CN=C(NCCCNC(=O)C1CCC1)N1CCCC2(CCCCCC2)C1.I. The highest BCUT2D eigenvalue weighted by Crippen LogP contribution is 2.42. The molecular formula is C21H39IN4O. The molecule has 1 amide bonds. The molecule has 156 valence electrons. The number of guanidine groups is 1. The highest BCUT2D eigenvalue weighted by atomic mass is 127. The summed E-state index contributed by atoms with van der Waals surface area (Å²) in [5, 5.41) is 6.61. The Hall–Kier alpha value is -0.530. The number of piperidine rings is 1. The number of rotatable bonds is 5. The summed E-state index contributed by atoms with van der Waals surface area (Å²) in [4.78, 5) is 18.9. The van der Waals surface area contributed by atoms with Gasteiger partial charge < -0.3 is 15.5 Å². The lowest BCUT2D eigenvalue weighted by atomic mass is 9.74. The van der Waals surface area contributed by atoms with Gasteiger partial charge in [0.25, 0.3) is 0 Å². The maximum Gasteiger partial charge on any atom is 0.223 e. The lowest BCUT2D eigenvalue weighted by Crippen LogP contribution is -2.50. The quantitative estimate of drug-likeness (QED) is 0.266. The topological polar surface area (TPSA) is 56.7 Å². The van der Waals surface area contributed by atoms with Crippen LogP contribution in [0.4, 0.5) is 0 Å². The molecule has 3 fully saturated rings. The lowest BCUT2D eigenvalue weighted by Gasteiger charge is -2.44. The maximum absolute atomic E-state index is 11.9. The number of nitrogens with one attached hydrogen (secondary N) is 2. The van der Waals surface area contributed by atoms with Gasteiger partial charge >= 0.3 is 0 Å². The van der Waals surface area contributed by atoms with E-state index in [9.17, 15) is 4.79 Å². The van der Waals surface area contributed by atoms with Gasteiger partial charge in [0.2, 0.25) is 5.91 Å². The van der Waals surface area contributed by atoms with Crippen molar-refractivity contribution >= 4 is 35.8 Å². The Labute approximate surface area is 182 Å². The first kappa shape index (κ1) is 22.8. The van der Waals surface area contributed by atoms with Gasteiger partial charge in [0.1, 0.15) is 0 Å². The van der Waals surface area contributed by atoms with E-state index in [1.165, 1.54) is 64.3 Å². The van der Waals surface area contributed by atoms with E-state index in [-0.39, 0.29) is 29.9 Å². The Morgan fingerprint density at radius 1 is 1.00 bits per heavy atom. The average Bonchev–Trinajstić information content (AvgIpc) is 2.82. The zero-order chi connectivity index (χ0) is 18.2. The summed E-state index contributed by atoms with van der Waals surface area (Å²) in [7, 11) is 1.90. The zero-order valence-electron chi connectivity index (χ0n) is 17.1. The molecule has 0 aromatic heterocycles. The third kappa shape index (κ3) is 6.50. The number of hydrogen-bond donors (Lipinski definition) is 2. The van der Waals surface area contributed by atoms with E-state index in [4.69, 9.17) is 0 Å². The number of amides is 1. The first-order chi connectivity index (χ1) is 12.7. The van der Waals surface area contributed by atoms with Crippen LogP contribution in [0.1, 0.15) is 77.0 Å². The molecule has 0 bridgehead atoms. The van der Waals surface area contributed by atoms with Crippen LogP contribution in [0.25, 0.3) is 0 Å². The van der Waals surface area contributed by atoms with Crippen LogP contribution < -0.4 is 10.6 Å². The Morgan fingerprint density at radius 2 is 1.67 bits per heavy atom. The Morgan fingerprint density at radius 3 is 2.30 bits per heavy atom. The monoisotopic (exact) mass is 490 g/mol. The highest BCUT2D eigenvalue weighted by molar-refractivity contribution is 14.0. The molecule has 6 heteroatoms. The van der Waals surface area contributed by atoms with Gasteiger partial charge in [-0.3, -0.25) is 9.79 Å². The van der Waals surface area contributed by atoms with Crippen molar-refractivity contribution in [3.05, 3.63) is 0 Å². The molecule has 27 heavy (non-hydrogen) atoms. The molecule has 0 radical (unpaired) electrons. The predicted molar refractivity (Wildman–Crippen MR) is 123 cm³/mol. The van der Waals surface area contributed by atoms with Gasteiger partial charge in [-0.1, -0.05) is 32.1 Å². The van der Waals surface area contributed by atoms with Crippen molar-refractivity contribution in [2.75, 3.05) is 33.2 Å². The first-order valence-corrected chi connectivity index (χ1v) is 11.0. The van der Waals surface area contributed by atoms with Crippen molar-refractivity contribution in [2.24, 2.45) is 16.3 Å². The van der Waals surface area contributed by atoms with Crippen LogP contribution >= 0.6 is 24.0 Å². The second kappa shape index (κ2) is 11.5. The summed E-state index contributed by atoms with van der Waals surface area (Å²) in [5.41, 5.74) is 0.531. The van der Waals surface area contributed by atoms with Gasteiger partial charge in [0, 0.05) is 39.1 Å². The van der Waals surface area contributed by atoms with Crippen molar-refractivity contribution in [2.45, 2.75) is 77.0 Å². The van der Waals surface area contributed by atoms with E-state index >= 15 is 0 Å². The fraction of sp³-hybridized carbons (Fsp3) is 0.905. The third-order valence-corrected chi connectivity index (χ3v) is 6.75. The second-order valence-corrected chi connectivity index (χ2v) is 8.69. The molecule has 0 atom stereocenters. The van der Waals surface area contributed by atoms with Gasteiger partial charge in [-0.05, 0) is 50.4 Å². The maximum atomic E-state index is 11.9.